The summed E-state index contributed by atoms with van der Waals surface area (Å²) in [6.07, 6.45) is 14.4. The Kier molecular flexibility index (Phi) is 14.4. The number of carbonyl (C=O) groups is 1. The fourth-order valence-corrected chi connectivity index (χ4v) is 4.77. The minimum Gasteiger partial charge on any atom is -0.444 e. The molecule has 1 fully saturated rings. The van der Waals surface area contributed by atoms with E-state index < -0.39 is 17.2 Å². The number of anilines is 1. The minimum absolute atomic E-state index is 0.260. The Balaban J connectivity index is 0.000000514. The molecule has 1 unspecified atom stereocenters. The van der Waals surface area contributed by atoms with Gasteiger partial charge in [-0.2, -0.15) is 0 Å². The largest absolute Gasteiger partial charge is 0.444 e. The lowest BCUT2D eigenvalue weighted by Crippen LogP contribution is -2.50. The number of benzene rings is 1. The summed E-state index contributed by atoms with van der Waals surface area (Å²) in [4.78, 5) is 25.7. The van der Waals surface area contributed by atoms with E-state index >= 15 is 0 Å². The highest BCUT2D eigenvalue weighted by Crippen LogP contribution is 2.34. The normalized spacial score (nSPS) is 15.1. The molecule has 0 spiro atoms. The number of amides is 1. The van der Waals surface area contributed by atoms with Gasteiger partial charge in [-0.15, -0.1) is 0 Å². The summed E-state index contributed by atoms with van der Waals surface area (Å²) in [7, 11) is 0. The number of aryl methyl sites for hydroxylation is 2. The standard InChI is InChI=1S/C27H40N4O2.C9H10F2/c1-9-12-13-22(18-20(4)10-2)23(11-3)24-21(5)28-19-29-25(24)30-14-16-31(17-15-30)26(32)33-27(6,7)8;1-2-3-7-4-8(10)6-9(11)5-7/h9,11-13,18-20H,1,10,14-17H2,2-8H3;4-6H,2-3H2,1H3/b13-12-,22-18+,23-11-;. The van der Waals surface area contributed by atoms with Gasteiger partial charge in [-0.25, -0.2) is 23.5 Å². The lowest BCUT2D eigenvalue weighted by molar-refractivity contribution is 0.0240. The van der Waals surface area contributed by atoms with Crippen LogP contribution in [0.1, 0.15) is 78.1 Å². The number of piperazine rings is 1. The number of carbonyl (C=O) groups excluding carboxylic acids is 1. The molecule has 1 atom stereocenters. The fraction of sp³-hybridized carbons (Fsp3) is 0.472. The van der Waals surface area contributed by atoms with E-state index in [1.165, 1.54) is 12.1 Å². The first-order valence-corrected chi connectivity index (χ1v) is 15.5. The molecule has 44 heavy (non-hydrogen) atoms. The molecule has 1 aromatic carbocycles. The number of hydrogen-bond acceptors (Lipinski definition) is 5. The molecule has 240 valence electrons. The Bertz CT molecular complexity index is 1320. The van der Waals surface area contributed by atoms with Crippen LogP contribution in [0.5, 0.6) is 0 Å². The molecule has 2 aromatic rings. The van der Waals surface area contributed by atoms with Gasteiger partial charge in [0.05, 0.1) is 5.69 Å². The summed E-state index contributed by atoms with van der Waals surface area (Å²) >= 11 is 0. The first-order valence-electron chi connectivity index (χ1n) is 15.5. The Morgan fingerprint density at radius 2 is 1.73 bits per heavy atom. The highest BCUT2D eigenvalue weighted by molar-refractivity contribution is 5.88. The molecule has 0 aliphatic carbocycles. The monoisotopic (exact) mass is 608 g/mol. The van der Waals surface area contributed by atoms with Gasteiger partial charge < -0.3 is 14.5 Å². The van der Waals surface area contributed by atoms with Gasteiger partial charge in [0.15, 0.2) is 0 Å². The van der Waals surface area contributed by atoms with E-state index in [0.717, 1.165) is 59.1 Å². The lowest BCUT2D eigenvalue weighted by Gasteiger charge is -2.37. The molecule has 1 aromatic heterocycles. The Morgan fingerprint density at radius 3 is 2.25 bits per heavy atom. The zero-order valence-corrected chi connectivity index (χ0v) is 27.8. The van der Waals surface area contributed by atoms with Crippen molar-refractivity contribution < 1.29 is 18.3 Å². The summed E-state index contributed by atoms with van der Waals surface area (Å²) in [6.45, 7) is 22.5. The average molecular weight is 609 g/mol. The van der Waals surface area contributed by atoms with Gasteiger partial charge in [0.25, 0.3) is 0 Å². The molecular formula is C36H50F2N4O2. The minimum atomic E-state index is -0.497. The van der Waals surface area contributed by atoms with Crippen molar-refractivity contribution >= 4 is 17.5 Å². The van der Waals surface area contributed by atoms with Crippen molar-refractivity contribution in [2.24, 2.45) is 5.92 Å². The van der Waals surface area contributed by atoms with Gasteiger partial charge in [-0.1, -0.05) is 70.6 Å². The molecule has 3 rings (SSSR count). The van der Waals surface area contributed by atoms with E-state index in [2.05, 4.69) is 55.5 Å². The number of hydrogen-bond donors (Lipinski definition) is 0. The fourth-order valence-electron chi connectivity index (χ4n) is 4.77. The van der Waals surface area contributed by atoms with Crippen LogP contribution in [0.3, 0.4) is 0 Å². The Hall–Kier alpha value is -3.81. The van der Waals surface area contributed by atoms with Crippen LogP contribution in [0.2, 0.25) is 0 Å². The molecule has 0 saturated carbocycles. The van der Waals surface area contributed by atoms with E-state index in [4.69, 9.17) is 9.72 Å². The molecular weight excluding hydrogens is 558 g/mol. The van der Waals surface area contributed by atoms with Crippen LogP contribution < -0.4 is 4.90 Å². The first kappa shape index (κ1) is 36.4. The summed E-state index contributed by atoms with van der Waals surface area (Å²) in [5.41, 5.74) is 4.45. The predicted molar refractivity (Wildman–Crippen MR) is 178 cm³/mol. The highest BCUT2D eigenvalue weighted by Gasteiger charge is 2.28. The average Bonchev–Trinajstić information content (AvgIpc) is 2.96. The third kappa shape index (κ3) is 11.4. The van der Waals surface area contributed by atoms with Crippen molar-refractivity contribution in [3.8, 4) is 0 Å². The molecule has 1 amide bonds. The Labute approximate surface area is 263 Å². The third-order valence-electron chi connectivity index (χ3n) is 7.10. The Morgan fingerprint density at radius 1 is 1.09 bits per heavy atom. The van der Waals surface area contributed by atoms with Crippen LogP contribution in [-0.4, -0.2) is 52.7 Å². The molecule has 0 N–H and O–H groups in total. The predicted octanol–water partition coefficient (Wildman–Crippen LogP) is 8.88. The number of ether oxygens (including phenoxy) is 1. The molecule has 8 heteroatoms. The number of rotatable bonds is 9. The zero-order chi connectivity index (χ0) is 32.9. The SMILES string of the molecule is C=C\C=C/C(=C\C(C)CC)C(=C/C)/c1c(C)ncnc1N1CCN(C(=O)OC(C)(C)C)CC1.CCCc1cc(F)cc(F)c1. The number of halogens is 2. The molecule has 1 aliphatic heterocycles. The van der Waals surface area contributed by atoms with Crippen molar-refractivity contribution in [3.63, 3.8) is 0 Å². The maximum Gasteiger partial charge on any atom is 0.410 e. The van der Waals surface area contributed by atoms with Crippen molar-refractivity contribution in [3.05, 3.63) is 95.5 Å². The molecule has 6 nitrogen and oxygen atoms in total. The van der Waals surface area contributed by atoms with Gasteiger partial charge >= 0.3 is 6.09 Å². The molecule has 1 aliphatic rings. The summed E-state index contributed by atoms with van der Waals surface area (Å²) in [6, 6.07) is 3.62. The van der Waals surface area contributed by atoms with Crippen molar-refractivity contribution in [2.75, 3.05) is 31.1 Å². The number of allylic oxidation sites excluding steroid dienone is 7. The molecule has 0 bridgehead atoms. The second-order valence-electron chi connectivity index (χ2n) is 11.9. The number of aromatic nitrogens is 2. The highest BCUT2D eigenvalue weighted by atomic mass is 19.1. The second kappa shape index (κ2) is 17.5. The van der Waals surface area contributed by atoms with Crippen LogP contribution in [0.15, 0.2) is 67.1 Å². The molecule has 1 saturated heterocycles. The van der Waals surface area contributed by atoms with Gasteiger partial charge in [0, 0.05) is 37.8 Å². The van der Waals surface area contributed by atoms with E-state index in [9.17, 15) is 13.6 Å². The van der Waals surface area contributed by atoms with Gasteiger partial charge in [0.2, 0.25) is 0 Å². The summed E-state index contributed by atoms with van der Waals surface area (Å²) < 4.78 is 30.6. The van der Waals surface area contributed by atoms with Crippen LogP contribution in [0.25, 0.3) is 5.57 Å². The van der Waals surface area contributed by atoms with Crippen LogP contribution >= 0.6 is 0 Å². The number of nitrogens with zero attached hydrogens (tertiary/aromatic N) is 4. The van der Waals surface area contributed by atoms with Crippen LogP contribution in [0.4, 0.5) is 19.4 Å². The van der Waals surface area contributed by atoms with Crippen molar-refractivity contribution in [1.29, 1.82) is 0 Å². The lowest BCUT2D eigenvalue weighted by atomic mass is 9.92. The summed E-state index contributed by atoms with van der Waals surface area (Å²) in [5.74, 6) is 0.360. The van der Waals surface area contributed by atoms with Crippen molar-refractivity contribution in [1.82, 2.24) is 14.9 Å². The maximum absolute atomic E-state index is 12.5. The maximum atomic E-state index is 12.5. The van der Waals surface area contributed by atoms with Gasteiger partial charge in [-0.05, 0) is 75.8 Å². The second-order valence-corrected chi connectivity index (χ2v) is 11.9. The van der Waals surface area contributed by atoms with E-state index in [0.29, 0.717) is 32.1 Å². The van der Waals surface area contributed by atoms with E-state index in [1.807, 2.05) is 40.7 Å². The van der Waals surface area contributed by atoms with E-state index in [1.54, 1.807) is 17.3 Å². The smallest absolute Gasteiger partial charge is 0.410 e. The van der Waals surface area contributed by atoms with Gasteiger partial charge in [-0.3, -0.25) is 0 Å². The van der Waals surface area contributed by atoms with Crippen LogP contribution in [0, 0.1) is 24.5 Å². The molecule has 0 radical (unpaired) electrons. The zero-order valence-electron chi connectivity index (χ0n) is 27.8. The third-order valence-corrected chi connectivity index (χ3v) is 7.10. The van der Waals surface area contributed by atoms with Crippen LogP contribution in [-0.2, 0) is 11.2 Å². The quantitative estimate of drug-likeness (QED) is 0.266. The topological polar surface area (TPSA) is 58.6 Å². The summed E-state index contributed by atoms with van der Waals surface area (Å²) in [5, 5.41) is 0. The van der Waals surface area contributed by atoms with E-state index in [-0.39, 0.29) is 6.09 Å². The van der Waals surface area contributed by atoms with Gasteiger partial charge in [0.1, 0.15) is 29.4 Å². The molecule has 2 heterocycles. The van der Waals surface area contributed by atoms with Crippen molar-refractivity contribution in [2.45, 2.75) is 80.3 Å². The first-order chi connectivity index (χ1) is 20.8.